The minimum atomic E-state index is -0.260. The van der Waals surface area contributed by atoms with Gasteiger partial charge in [0.25, 0.3) is 5.91 Å². The molecule has 2 aromatic rings. The third-order valence-electron chi connectivity index (χ3n) is 5.89. The number of piperidine rings is 1. The first-order valence-electron chi connectivity index (χ1n) is 9.81. The average molecular weight is 385 g/mol. The largest absolute Gasteiger partial charge is 0.370 e. The molecule has 0 atom stereocenters. The fourth-order valence-electron chi connectivity index (χ4n) is 4.11. The molecule has 7 heteroatoms. The maximum Gasteiger partial charge on any atom is 0.261 e. The topological polar surface area (TPSA) is 67.3 Å². The van der Waals surface area contributed by atoms with Crippen molar-refractivity contribution in [2.45, 2.75) is 37.7 Å². The van der Waals surface area contributed by atoms with Crippen LogP contribution in [0.4, 0.5) is 5.95 Å². The van der Waals surface area contributed by atoms with E-state index in [4.69, 9.17) is 4.74 Å². The van der Waals surface area contributed by atoms with Gasteiger partial charge in [-0.3, -0.25) is 4.79 Å². The summed E-state index contributed by atoms with van der Waals surface area (Å²) in [6.07, 6.45) is 8.78. The molecular weight excluding hydrogens is 360 g/mol. The molecule has 6 nitrogen and oxygen atoms in total. The first-order chi connectivity index (χ1) is 13.2. The van der Waals surface area contributed by atoms with Gasteiger partial charge in [-0.1, -0.05) is 0 Å². The number of thiophene rings is 1. The van der Waals surface area contributed by atoms with E-state index in [2.05, 4.69) is 26.3 Å². The first-order valence-corrected chi connectivity index (χ1v) is 10.6. The average Bonchev–Trinajstić information content (AvgIpc) is 3.44. The first kappa shape index (κ1) is 17.1. The van der Waals surface area contributed by atoms with E-state index in [0.29, 0.717) is 5.92 Å². The number of carbonyl (C=O) groups excluding carboxylic acids is 1. The van der Waals surface area contributed by atoms with Crippen LogP contribution in [0.1, 0.15) is 45.8 Å². The highest BCUT2D eigenvalue weighted by molar-refractivity contribution is 7.14. The Balaban J connectivity index is 1.33. The van der Waals surface area contributed by atoms with Crippen LogP contribution in [0.3, 0.4) is 0 Å². The zero-order valence-electron chi connectivity index (χ0n) is 15.3. The van der Waals surface area contributed by atoms with Crippen molar-refractivity contribution in [1.82, 2.24) is 15.3 Å². The summed E-state index contributed by atoms with van der Waals surface area (Å²) >= 11 is 1.65. The van der Waals surface area contributed by atoms with E-state index in [-0.39, 0.29) is 11.5 Å². The monoisotopic (exact) mass is 384 g/mol. The van der Waals surface area contributed by atoms with Crippen molar-refractivity contribution in [3.8, 4) is 0 Å². The normalized spacial score (nSPS) is 21.1. The van der Waals surface area contributed by atoms with E-state index in [1.807, 2.05) is 6.07 Å². The molecule has 2 aromatic heterocycles. The van der Waals surface area contributed by atoms with Crippen LogP contribution in [0.5, 0.6) is 0 Å². The van der Waals surface area contributed by atoms with E-state index in [1.54, 1.807) is 23.7 Å². The second-order valence-corrected chi connectivity index (χ2v) is 8.87. The number of hydrogen-bond acceptors (Lipinski definition) is 6. The van der Waals surface area contributed by atoms with Crippen LogP contribution >= 0.6 is 11.3 Å². The van der Waals surface area contributed by atoms with E-state index in [9.17, 15) is 4.79 Å². The van der Waals surface area contributed by atoms with Gasteiger partial charge in [0.05, 0.1) is 17.1 Å². The maximum atomic E-state index is 12.5. The lowest BCUT2D eigenvalue weighted by molar-refractivity contribution is -0.0758. The summed E-state index contributed by atoms with van der Waals surface area (Å²) in [5.74, 6) is 1.56. The lowest BCUT2D eigenvalue weighted by Crippen LogP contribution is -2.46. The molecule has 0 bridgehead atoms. The van der Waals surface area contributed by atoms with Crippen molar-refractivity contribution in [2.75, 3.05) is 31.1 Å². The van der Waals surface area contributed by atoms with Crippen molar-refractivity contribution in [1.29, 1.82) is 0 Å². The van der Waals surface area contributed by atoms with Gasteiger partial charge in [-0.2, -0.15) is 0 Å². The molecule has 4 heterocycles. The fraction of sp³-hybridized carbons (Fsp3) is 0.550. The Kier molecular flexibility index (Phi) is 4.36. The number of anilines is 1. The van der Waals surface area contributed by atoms with Crippen LogP contribution in [0.2, 0.25) is 0 Å². The number of carbonyl (C=O) groups is 1. The predicted octanol–water partition coefficient (Wildman–Crippen LogP) is 2.75. The number of fused-ring (bicyclic) bond motifs is 2. The van der Waals surface area contributed by atoms with Crippen LogP contribution in [-0.2, 0) is 16.8 Å². The number of hydrogen-bond donors (Lipinski definition) is 1. The van der Waals surface area contributed by atoms with Gasteiger partial charge in [-0.15, -0.1) is 11.3 Å². The highest BCUT2D eigenvalue weighted by Gasteiger charge is 2.42. The highest BCUT2D eigenvalue weighted by atomic mass is 32.1. The summed E-state index contributed by atoms with van der Waals surface area (Å²) in [5, 5.41) is 3.10. The molecular formula is C20H24N4O2S. The molecule has 2 aliphatic heterocycles. The maximum absolute atomic E-state index is 12.5. The van der Waals surface area contributed by atoms with Gasteiger partial charge < -0.3 is 15.0 Å². The van der Waals surface area contributed by atoms with Gasteiger partial charge in [0.15, 0.2) is 0 Å². The molecule has 27 heavy (non-hydrogen) atoms. The lowest BCUT2D eigenvalue weighted by Gasteiger charge is -2.44. The summed E-state index contributed by atoms with van der Waals surface area (Å²) in [5.41, 5.74) is 0.980. The third kappa shape index (κ3) is 3.34. The van der Waals surface area contributed by atoms with Crippen molar-refractivity contribution < 1.29 is 9.53 Å². The second kappa shape index (κ2) is 6.87. The predicted molar refractivity (Wildman–Crippen MR) is 104 cm³/mol. The summed E-state index contributed by atoms with van der Waals surface area (Å²) < 4.78 is 6.33. The van der Waals surface area contributed by atoms with Gasteiger partial charge >= 0.3 is 0 Å². The van der Waals surface area contributed by atoms with E-state index in [1.165, 1.54) is 23.3 Å². The van der Waals surface area contributed by atoms with E-state index < -0.39 is 0 Å². The molecule has 5 rings (SSSR count). The zero-order chi connectivity index (χ0) is 18.3. The van der Waals surface area contributed by atoms with Gasteiger partial charge in [0.1, 0.15) is 0 Å². The highest BCUT2D eigenvalue weighted by Crippen LogP contribution is 2.45. The molecule has 1 spiro atoms. The van der Waals surface area contributed by atoms with Crippen molar-refractivity contribution in [2.24, 2.45) is 5.92 Å². The Morgan fingerprint density at radius 2 is 2.07 bits per heavy atom. The molecule has 142 valence electrons. The third-order valence-corrected chi connectivity index (χ3v) is 7.08. The van der Waals surface area contributed by atoms with Crippen LogP contribution in [-0.4, -0.2) is 42.1 Å². The van der Waals surface area contributed by atoms with Gasteiger partial charge in [0, 0.05) is 43.3 Å². The van der Waals surface area contributed by atoms with Crippen molar-refractivity contribution in [3.63, 3.8) is 0 Å². The van der Waals surface area contributed by atoms with Gasteiger partial charge in [-0.05, 0) is 49.3 Å². The molecule has 0 aromatic carbocycles. The molecule has 1 amide bonds. The molecule has 1 saturated heterocycles. The van der Waals surface area contributed by atoms with Crippen LogP contribution in [0, 0.1) is 5.92 Å². The van der Waals surface area contributed by atoms with Crippen LogP contribution < -0.4 is 10.2 Å². The Morgan fingerprint density at radius 1 is 1.30 bits per heavy atom. The second-order valence-electron chi connectivity index (χ2n) is 7.73. The number of nitrogens with one attached hydrogen (secondary N) is 1. The molecule has 0 unspecified atom stereocenters. The lowest BCUT2D eigenvalue weighted by atomic mass is 9.82. The van der Waals surface area contributed by atoms with Crippen LogP contribution in [0.25, 0.3) is 0 Å². The number of nitrogens with zero attached hydrogens (tertiary/aromatic N) is 3. The minimum absolute atomic E-state index is 0.0755. The summed E-state index contributed by atoms with van der Waals surface area (Å²) in [7, 11) is 0. The Morgan fingerprint density at radius 3 is 2.81 bits per heavy atom. The molecule has 1 aliphatic carbocycles. The van der Waals surface area contributed by atoms with E-state index in [0.717, 1.165) is 56.3 Å². The Labute approximate surface area is 163 Å². The number of aromatic nitrogens is 2. The minimum Gasteiger partial charge on any atom is -0.370 e. The molecule has 2 fully saturated rings. The summed E-state index contributed by atoms with van der Waals surface area (Å²) in [6.45, 7) is 3.28. The van der Waals surface area contributed by atoms with Crippen LogP contribution in [0.15, 0.2) is 24.5 Å². The van der Waals surface area contributed by atoms with Gasteiger partial charge in [-0.25, -0.2) is 9.97 Å². The Bertz CT molecular complexity index is 826. The van der Waals surface area contributed by atoms with Crippen molar-refractivity contribution >= 4 is 23.2 Å². The molecule has 1 saturated carbocycles. The standard InChI is InChI=1S/C20H24N4O2S/c25-18(23-13-14-2-3-14)17-12-15-16(27-17)4-11-26-20(15)5-9-24(10-6-20)19-21-7-1-8-22-19/h1,7-8,12,14H,2-6,9-11,13H2,(H,23,25). The molecule has 0 radical (unpaired) electrons. The number of ether oxygens (including phenoxy) is 1. The Hall–Kier alpha value is -1.99. The van der Waals surface area contributed by atoms with E-state index >= 15 is 0 Å². The fourth-order valence-corrected chi connectivity index (χ4v) is 5.26. The number of rotatable bonds is 4. The summed E-state index contributed by atoms with van der Waals surface area (Å²) in [4.78, 5) is 25.7. The number of amides is 1. The molecule has 1 N–H and O–H groups in total. The molecule has 3 aliphatic rings. The zero-order valence-corrected chi connectivity index (χ0v) is 16.1. The smallest absolute Gasteiger partial charge is 0.261 e. The van der Waals surface area contributed by atoms with Gasteiger partial charge in [0.2, 0.25) is 5.95 Å². The quantitative estimate of drug-likeness (QED) is 0.878. The summed E-state index contributed by atoms with van der Waals surface area (Å²) in [6, 6.07) is 3.93. The SMILES string of the molecule is O=C(NCC1CC1)c1cc2c(s1)CCOC21CCN(c2ncccn2)CC1. The van der Waals surface area contributed by atoms with Crippen molar-refractivity contribution in [3.05, 3.63) is 39.8 Å².